The van der Waals surface area contributed by atoms with Crippen LogP contribution in [0.3, 0.4) is 0 Å². The molecule has 1 aliphatic rings. The summed E-state index contributed by atoms with van der Waals surface area (Å²) in [7, 11) is 5.24. The fourth-order valence-electron chi connectivity index (χ4n) is 2.84. The monoisotopic (exact) mass is 381 g/mol. The molecule has 1 fully saturated rings. The van der Waals surface area contributed by atoms with Crippen molar-refractivity contribution in [2.24, 2.45) is 5.92 Å². The highest BCUT2D eigenvalue weighted by molar-refractivity contribution is 6.33. The summed E-state index contributed by atoms with van der Waals surface area (Å²) in [5, 5.41) is 3.04. The van der Waals surface area contributed by atoms with Gasteiger partial charge < -0.3 is 19.9 Å². The molecule has 2 amide bonds. The van der Waals surface area contributed by atoms with Crippen molar-refractivity contribution in [2.45, 2.75) is 12.8 Å². The number of carbonyl (C=O) groups is 3. The fourth-order valence-corrected chi connectivity index (χ4v) is 3.01. The van der Waals surface area contributed by atoms with E-state index in [1.54, 1.807) is 4.90 Å². The predicted molar refractivity (Wildman–Crippen MR) is 99.3 cm³/mol. The highest BCUT2D eigenvalue weighted by atomic mass is 35.5. The summed E-state index contributed by atoms with van der Waals surface area (Å²) >= 11 is 6.10. The Morgan fingerprint density at radius 2 is 2.12 bits per heavy atom. The van der Waals surface area contributed by atoms with Gasteiger partial charge in [-0.2, -0.15) is 0 Å². The van der Waals surface area contributed by atoms with Crippen LogP contribution in [0, 0.1) is 5.92 Å². The fraction of sp³-hybridized carbons (Fsp3) is 0.500. The van der Waals surface area contributed by atoms with E-state index in [1.807, 2.05) is 14.1 Å². The molecule has 26 heavy (non-hydrogen) atoms. The number of ether oxygens (including phenoxy) is 1. The van der Waals surface area contributed by atoms with E-state index in [1.165, 1.54) is 25.3 Å². The van der Waals surface area contributed by atoms with Gasteiger partial charge in [-0.1, -0.05) is 11.6 Å². The molecule has 1 atom stereocenters. The molecule has 0 bridgehead atoms. The molecule has 0 spiro atoms. The first kappa shape index (κ1) is 20.2. The smallest absolute Gasteiger partial charge is 0.337 e. The van der Waals surface area contributed by atoms with Crippen molar-refractivity contribution < 1.29 is 19.1 Å². The molecule has 1 aromatic carbocycles. The number of rotatable bonds is 7. The Morgan fingerprint density at radius 1 is 1.38 bits per heavy atom. The molecule has 0 aromatic heterocycles. The standard InChI is InChI=1S/C18H24ClN3O4/c1-21(2)7-4-8-22-11-13(10-16(22)23)17(24)20-15-9-12(18(25)26-3)5-6-14(15)19/h5-6,9,13H,4,7-8,10-11H2,1-3H3,(H,20,24). The van der Waals surface area contributed by atoms with Gasteiger partial charge in [-0.25, -0.2) is 4.79 Å². The summed E-state index contributed by atoms with van der Waals surface area (Å²) in [6.07, 6.45) is 1.04. The molecule has 1 unspecified atom stereocenters. The van der Waals surface area contributed by atoms with Crippen LogP contribution in [0.5, 0.6) is 0 Å². The Balaban J connectivity index is 1.98. The lowest BCUT2D eigenvalue weighted by molar-refractivity contribution is -0.128. The van der Waals surface area contributed by atoms with Crippen LogP contribution >= 0.6 is 11.6 Å². The van der Waals surface area contributed by atoms with Crippen LogP contribution < -0.4 is 5.32 Å². The topological polar surface area (TPSA) is 78.9 Å². The van der Waals surface area contributed by atoms with Gasteiger partial charge in [-0.3, -0.25) is 9.59 Å². The first-order valence-corrected chi connectivity index (χ1v) is 8.81. The minimum atomic E-state index is -0.514. The molecule has 2 rings (SSSR count). The molecule has 0 aliphatic carbocycles. The van der Waals surface area contributed by atoms with E-state index in [-0.39, 0.29) is 18.2 Å². The van der Waals surface area contributed by atoms with Crippen molar-refractivity contribution in [3.63, 3.8) is 0 Å². The van der Waals surface area contributed by atoms with E-state index >= 15 is 0 Å². The van der Waals surface area contributed by atoms with E-state index in [0.29, 0.717) is 29.4 Å². The summed E-state index contributed by atoms with van der Waals surface area (Å²) in [5.41, 5.74) is 0.623. The number of amides is 2. The van der Waals surface area contributed by atoms with E-state index in [4.69, 9.17) is 11.6 Å². The van der Waals surface area contributed by atoms with Crippen LogP contribution in [0.1, 0.15) is 23.2 Å². The van der Waals surface area contributed by atoms with Gasteiger partial charge in [-0.05, 0) is 45.3 Å². The van der Waals surface area contributed by atoms with E-state index < -0.39 is 11.9 Å². The summed E-state index contributed by atoms with van der Waals surface area (Å²) in [6, 6.07) is 4.52. The lowest BCUT2D eigenvalue weighted by Crippen LogP contribution is -2.30. The molecule has 7 nitrogen and oxygen atoms in total. The van der Waals surface area contributed by atoms with Gasteiger partial charge in [0, 0.05) is 19.5 Å². The van der Waals surface area contributed by atoms with Gasteiger partial charge in [0.15, 0.2) is 0 Å². The zero-order valence-electron chi connectivity index (χ0n) is 15.3. The first-order chi connectivity index (χ1) is 12.3. The Bertz CT molecular complexity index is 693. The number of anilines is 1. The number of likely N-dealkylation sites (tertiary alicyclic amines) is 1. The van der Waals surface area contributed by atoms with Crippen LogP contribution in [-0.4, -0.2) is 68.4 Å². The number of hydrogen-bond acceptors (Lipinski definition) is 5. The molecule has 0 saturated carbocycles. The van der Waals surface area contributed by atoms with E-state index in [2.05, 4.69) is 15.0 Å². The third kappa shape index (κ3) is 5.19. The maximum atomic E-state index is 12.5. The predicted octanol–water partition coefficient (Wildman–Crippen LogP) is 1.87. The highest BCUT2D eigenvalue weighted by Gasteiger charge is 2.34. The van der Waals surface area contributed by atoms with Crippen LogP contribution in [0.15, 0.2) is 18.2 Å². The van der Waals surface area contributed by atoms with Crippen LogP contribution in [-0.2, 0) is 14.3 Å². The molecule has 142 valence electrons. The largest absolute Gasteiger partial charge is 0.465 e. The molecule has 0 radical (unpaired) electrons. The van der Waals surface area contributed by atoms with E-state index in [0.717, 1.165) is 13.0 Å². The number of methoxy groups -OCH3 is 1. The second-order valence-corrected chi connectivity index (χ2v) is 6.98. The normalized spacial score (nSPS) is 16.9. The highest BCUT2D eigenvalue weighted by Crippen LogP contribution is 2.26. The van der Waals surface area contributed by atoms with Gasteiger partial charge in [0.2, 0.25) is 11.8 Å². The minimum Gasteiger partial charge on any atom is -0.465 e. The van der Waals surface area contributed by atoms with Crippen molar-refractivity contribution in [3.05, 3.63) is 28.8 Å². The lowest BCUT2D eigenvalue weighted by Gasteiger charge is -2.18. The second-order valence-electron chi connectivity index (χ2n) is 6.57. The van der Waals surface area contributed by atoms with Gasteiger partial charge in [0.25, 0.3) is 0 Å². The zero-order valence-corrected chi connectivity index (χ0v) is 16.0. The van der Waals surface area contributed by atoms with Crippen molar-refractivity contribution >= 4 is 35.1 Å². The van der Waals surface area contributed by atoms with E-state index in [9.17, 15) is 14.4 Å². The van der Waals surface area contributed by atoms with Crippen molar-refractivity contribution in [1.82, 2.24) is 9.80 Å². The molecule has 1 aliphatic heterocycles. The maximum absolute atomic E-state index is 12.5. The van der Waals surface area contributed by atoms with Crippen molar-refractivity contribution in [2.75, 3.05) is 46.2 Å². The number of carbonyl (C=O) groups excluding carboxylic acids is 3. The Hall–Kier alpha value is -2.12. The van der Waals surface area contributed by atoms with Gasteiger partial charge in [0.1, 0.15) is 0 Å². The zero-order chi connectivity index (χ0) is 19.3. The molecule has 1 aromatic rings. The summed E-state index contributed by atoms with van der Waals surface area (Å²) < 4.78 is 4.67. The SMILES string of the molecule is COC(=O)c1ccc(Cl)c(NC(=O)C2CC(=O)N(CCCN(C)C)C2)c1. The van der Waals surface area contributed by atoms with Crippen molar-refractivity contribution in [3.8, 4) is 0 Å². The Labute approximate surface area is 158 Å². The molecule has 1 saturated heterocycles. The minimum absolute atomic E-state index is 0.0154. The van der Waals surface area contributed by atoms with Gasteiger partial charge >= 0.3 is 5.97 Å². The number of hydrogen-bond donors (Lipinski definition) is 1. The summed E-state index contributed by atoms with van der Waals surface area (Å²) in [5.74, 6) is -1.24. The quantitative estimate of drug-likeness (QED) is 0.729. The summed E-state index contributed by atoms with van der Waals surface area (Å²) in [4.78, 5) is 40.0. The lowest BCUT2D eigenvalue weighted by atomic mass is 10.1. The average Bonchev–Trinajstić information content (AvgIpc) is 2.97. The molecular weight excluding hydrogens is 358 g/mol. The second kappa shape index (κ2) is 9.00. The first-order valence-electron chi connectivity index (χ1n) is 8.43. The number of nitrogens with one attached hydrogen (secondary N) is 1. The summed E-state index contributed by atoms with van der Waals surface area (Å²) in [6.45, 7) is 1.92. The van der Waals surface area contributed by atoms with Crippen LogP contribution in [0.25, 0.3) is 0 Å². The molecule has 1 N–H and O–H groups in total. The molecule has 1 heterocycles. The Morgan fingerprint density at radius 3 is 2.77 bits per heavy atom. The van der Waals surface area contributed by atoms with Gasteiger partial charge in [-0.15, -0.1) is 0 Å². The van der Waals surface area contributed by atoms with Gasteiger partial charge in [0.05, 0.1) is 29.3 Å². The number of nitrogens with zero attached hydrogens (tertiary/aromatic N) is 2. The average molecular weight is 382 g/mol. The number of halogens is 1. The maximum Gasteiger partial charge on any atom is 0.337 e. The molecular formula is C18H24ClN3O4. The number of esters is 1. The third-order valence-electron chi connectivity index (χ3n) is 4.26. The van der Waals surface area contributed by atoms with Crippen LogP contribution in [0.4, 0.5) is 5.69 Å². The molecule has 8 heteroatoms. The third-order valence-corrected chi connectivity index (χ3v) is 4.59. The van der Waals surface area contributed by atoms with Crippen LogP contribution in [0.2, 0.25) is 5.02 Å². The Kier molecular flexibility index (Phi) is 6.99. The van der Waals surface area contributed by atoms with Crippen molar-refractivity contribution in [1.29, 1.82) is 0 Å². The number of benzene rings is 1.